The van der Waals surface area contributed by atoms with E-state index in [9.17, 15) is 15.3 Å². The minimum atomic E-state index is -1.21. The Morgan fingerprint density at radius 2 is 1.00 bits per heavy atom. The number of aliphatic hydroxyl groups is 3. The normalized spacial score (nSPS) is 27.4. The molecule has 0 amide bonds. The minimum Gasteiger partial charge on any atom is -0.388 e. The second-order valence-corrected chi connectivity index (χ2v) is 8.86. The molecule has 0 aromatic rings. The van der Waals surface area contributed by atoms with Gasteiger partial charge < -0.3 is 24.8 Å². The van der Waals surface area contributed by atoms with E-state index in [0.29, 0.717) is 6.61 Å². The van der Waals surface area contributed by atoms with Crippen molar-refractivity contribution in [2.24, 2.45) is 0 Å². The second-order valence-electron chi connectivity index (χ2n) is 8.86. The standard InChI is InChI=1S/C24H48O5/c1-3-4-5-6-7-8-9-10-11-12-13-14-15-16-17-18-19-28-24-23(27)22(26)21(25)20(2)29-24/h20-27H,3-19H2,1-2H3/t20-,21-,22+,23+,24?/m1/s1. The number of hydrogen-bond donors (Lipinski definition) is 3. The van der Waals surface area contributed by atoms with E-state index >= 15 is 0 Å². The minimum absolute atomic E-state index is 0.510. The molecular weight excluding hydrogens is 368 g/mol. The molecule has 0 radical (unpaired) electrons. The van der Waals surface area contributed by atoms with Gasteiger partial charge in [0.25, 0.3) is 0 Å². The SMILES string of the molecule is CCCCCCCCCCCCCCCCCCOC1O[C@H](C)[C@@H](O)[C@H](O)[C@@H]1O. The zero-order valence-corrected chi connectivity index (χ0v) is 19.1. The van der Waals surface area contributed by atoms with Gasteiger partial charge in [0.2, 0.25) is 0 Å². The van der Waals surface area contributed by atoms with E-state index in [4.69, 9.17) is 9.47 Å². The van der Waals surface area contributed by atoms with Crippen LogP contribution in [0.4, 0.5) is 0 Å². The van der Waals surface area contributed by atoms with Gasteiger partial charge in [-0.2, -0.15) is 0 Å². The van der Waals surface area contributed by atoms with Crippen LogP contribution >= 0.6 is 0 Å². The predicted octanol–water partition coefficient (Wildman–Crippen LogP) is 5.09. The molecule has 1 unspecified atom stereocenters. The van der Waals surface area contributed by atoms with Crippen LogP contribution in [0.25, 0.3) is 0 Å². The van der Waals surface area contributed by atoms with Crippen molar-refractivity contribution in [2.45, 2.75) is 147 Å². The van der Waals surface area contributed by atoms with Crippen LogP contribution in [0.5, 0.6) is 0 Å². The molecule has 0 spiro atoms. The first-order valence-corrected chi connectivity index (χ1v) is 12.4. The van der Waals surface area contributed by atoms with Crippen molar-refractivity contribution in [3.05, 3.63) is 0 Å². The first-order chi connectivity index (χ1) is 14.1. The van der Waals surface area contributed by atoms with Crippen molar-refractivity contribution in [2.75, 3.05) is 6.61 Å². The summed E-state index contributed by atoms with van der Waals surface area (Å²) in [5.41, 5.74) is 0. The molecule has 0 saturated carbocycles. The maximum Gasteiger partial charge on any atom is 0.186 e. The van der Waals surface area contributed by atoms with Gasteiger partial charge >= 0.3 is 0 Å². The molecule has 3 N–H and O–H groups in total. The van der Waals surface area contributed by atoms with E-state index in [-0.39, 0.29) is 0 Å². The summed E-state index contributed by atoms with van der Waals surface area (Å²) in [6.45, 7) is 4.45. The summed E-state index contributed by atoms with van der Waals surface area (Å²) >= 11 is 0. The molecule has 0 aromatic heterocycles. The Hall–Kier alpha value is -0.200. The molecule has 5 nitrogen and oxygen atoms in total. The summed E-state index contributed by atoms with van der Waals surface area (Å²) in [4.78, 5) is 0. The summed E-state index contributed by atoms with van der Waals surface area (Å²) in [7, 11) is 0. The van der Waals surface area contributed by atoms with Crippen LogP contribution in [-0.4, -0.2) is 52.6 Å². The van der Waals surface area contributed by atoms with E-state index in [1.165, 1.54) is 89.9 Å². The molecule has 1 heterocycles. The third-order valence-corrected chi connectivity index (χ3v) is 6.09. The lowest BCUT2D eigenvalue weighted by molar-refractivity contribution is -0.293. The Morgan fingerprint density at radius 3 is 1.45 bits per heavy atom. The topological polar surface area (TPSA) is 79.2 Å². The maximum absolute atomic E-state index is 9.90. The molecule has 5 atom stereocenters. The Bertz CT molecular complexity index is 365. The summed E-state index contributed by atoms with van der Waals surface area (Å²) < 4.78 is 11.0. The highest BCUT2D eigenvalue weighted by Crippen LogP contribution is 2.22. The van der Waals surface area contributed by atoms with Gasteiger partial charge in [-0.15, -0.1) is 0 Å². The lowest BCUT2D eigenvalue weighted by Gasteiger charge is -2.38. The lowest BCUT2D eigenvalue weighted by atomic mass is 10.00. The van der Waals surface area contributed by atoms with E-state index < -0.39 is 30.7 Å². The third kappa shape index (κ3) is 12.3. The molecule has 1 fully saturated rings. The Morgan fingerprint density at radius 1 is 0.586 bits per heavy atom. The fourth-order valence-corrected chi connectivity index (χ4v) is 4.00. The first kappa shape index (κ1) is 26.8. The number of aliphatic hydroxyl groups excluding tert-OH is 3. The molecule has 0 aliphatic carbocycles. The van der Waals surface area contributed by atoms with Crippen LogP contribution < -0.4 is 0 Å². The van der Waals surface area contributed by atoms with Gasteiger partial charge in [0.15, 0.2) is 6.29 Å². The van der Waals surface area contributed by atoms with E-state index in [2.05, 4.69) is 6.92 Å². The van der Waals surface area contributed by atoms with Crippen LogP contribution in [-0.2, 0) is 9.47 Å². The van der Waals surface area contributed by atoms with Gasteiger partial charge in [0.05, 0.1) is 6.10 Å². The van der Waals surface area contributed by atoms with Gasteiger partial charge in [0, 0.05) is 6.61 Å². The van der Waals surface area contributed by atoms with Crippen LogP contribution in [0, 0.1) is 0 Å². The second kappa shape index (κ2) is 17.5. The molecule has 5 heteroatoms. The number of ether oxygens (including phenoxy) is 2. The van der Waals surface area contributed by atoms with Crippen molar-refractivity contribution >= 4 is 0 Å². The number of hydrogen-bond acceptors (Lipinski definition) is 5. The van der Waals surface area contributed by atoms with Crippen molar-refractivity contribution in [1.82, 2.24) is 0 Å². The zero-order valence-electron chi connectivity index (χ0n) is 19.1. The molecule has 0 bridgehead atoms. The highest BCUT2D eigenvalue weighted by Gasteiger charge is 2.42. The number of rotatable bonds is 18. The molecule has 1 rings (SSSR count). The van der Waals surface area contributed by atoms with Crippen molar-refractivity contribution < 1.29 is 24.8 Å². The molecule has 1 saturated heterocycles. The van der Waals surface area contributed by atoms with E-state index in [1.807, 2.05) is 0 Å². The highest BCUT2D eigenvalue weighted by atomic mass is 16.7. The van der Waals surface area contributed by atoms with Gasteiger partial charge in [0.1, 0.15) is 18.3 Å². The maximum atomic E-state index is 9.90. The van der Waals surface area contributed by atoms with Gasteiger partial charge in [-0.1, -0.05) is 103 Å². The molecule has 174 valence electrons. The first-order valence-electron chi connectivity index (χ1n) is 12.4. The fraction of sp³-hybridized carbons (Fsp3) is 1.00. The van der Waals surface area contributed by atoms with Gasteiger partial charge in [-0.05, 0) is 13.3 Å². The average molecular weight is 417 g/mol. The quantitative estimate of drug-likeness (QED) is 0.271. The predicted molar refractivity (Wildman–Crippen MR) is 118 cm³/mol. The fourth-order valence-electron chi connectivity index (χ4n) is 4.00. The Labute approximate surface area is 179 Å². The molecule has 1 aliphatic rings. The third-order valence-electron chi connectivity index (χ3n) is 6.09. The summed E-state index contributed by atoms with van der Waals surface area (Å²) in [5, 5.41) is 29.3. The highest BCUT2D eigenvalue weighted by molar-refractivity contribution is 4.87. The molecule has 29 heavy (non-hydrogen) atoms. The molecule has 0 aromatic carbocycles. The van der Waals surface area contributed by atoms with Gasteiger partial charge in [-0.3, -0.25) is 0 Å². The Kier molecular flexibility index (Phi) is 16.2. The summed E-state index contributed by atoms with van der Waals surface area (Å²) in [6.07, 6.45) is 16.4. The summed E-state index contributed by atoms with van der Waals surface area (Å²) in [6, 6.07) is 0. The molecule has 1 aliphatic heterocycles. The van der Waals surface area contributed by atoms with E-state index in [1.54, 1.807) is 6.92 Å². The largest absolute Gasteiger partial charge is 0.388 e. The average Bonchev–Trinajstić information content (AvgIpc) is 2.72. The lowest BCUT2D eigenvalue weighted by Crippen LogP contribution is -2.57. The number of unbranched alkanes of at least 4 members (excludes halogenated alkanes) is 15. The van der Waals surface area contributed by atoms with Crippen molar-refractivity contribution in [1.29, 1.82) is 0 Å². The van der Waals surface area contributed by atoms with Crippen molar-refractivity contribution in [3.8, 4) is 0 Å². The zero-order chi connectivity index (χ0) is 21.3. The van der Waals surface area contributed by atoms with Crippen LogP contribution in [0.1, 0.15) is 117 Å². The van der Waals surface area contributed by atoms with E-state index in [0.717, 1.165) is 12.8 Å². The Balaban J connectivity index is 1.81. The van der Waals surface area contributed by atoms with Crippen LogP contribution in [0.2, 0.25) is 0 Å². The monoisotopic (exact) mass is 416 g/mol. The summed E-state index contributed by atoms with van der Waals surface area (Å²) in [5.74, 6) is 0. The molecular formula is C24H48O5. The van der Waals surface area contributed by atoms with Gasteiger partial charge in [-0.25, -0.2) is 0 Å². The smallest absolute Gasteiger partial charge is 0.186 e. The van der Waals surface area contributed by atoms with Crippen LogP contribution in [0.15, 0.2) is 0 Å². The van der Waals surface area contributed by atoms with Crippen LogP contribution in [0.3, 0.4) is 0 Å². The van der Waals surface area contributed by atoms with Crippen molar-refractivity contribution in [3.63, 3.8) is 0 Å².